The fourth-order valence-electron chi connectivity index (χ4n) is 2.62. The number of nitrogens with one attached hydrogen (secondary N) is 1. The minimum absolute atomic E-state index is 0.0211. The molecule has 2 atom stereocenters. The fraction of sp³-hybridized carbons (Fsp3) is 1.00. The summed E-state index contributed by atoms with van der Waals surface area (Å²) in [6.45, 7) is 4.31. The normalized spacial score (nSPS) is 33.2. The third-order valence-corrected chi connectivity index (χ3v) is 3.86. The van der Waals surface area contributed by atoms with Crippen LogP contribution in [0.25, 0.3) is 0 Å². The molecule has 0 bridgehead atoms. The van der Waals surface area contributed by atoms with Gasteiger partial charge in [0.2, 0.25) is 0 Å². The average molecular weight is 251 g/mol. The summed E-state index contributed by atoms with van der Waals surface area (Å²) < 4.78 is 43.0. The highest BCUT2D eigenvalue weighted by Gasteiger charge is 2.42. The van der Waals surface area contributed by atoms with Crippen molar-refractivity contribution in [2.45, 2.75) is 44.8 Å². The minimum Gasteiger partial charge on any atom is -0.380 e. The number of alkyl halides is 3. The molecule has 2 fully saturated rings. The van der Waals surface area contributed by atoms with Gasteiger partial charge in [-0.1, -0.05) is 13.3 Å². The van der Waals surface area contributed by atoms with Crippen molar-refractivity contribution in [3.05, 3.63) is 0 Å². The number of hydrogen-bond donors (Lipinski definition) is 1. The molecule has 2 rings (SSSR count). The zero-order valence-corrected chi connectivity index (χ0v) is 10.1. The number of hydrogen-bond acceptors (Lipinski definition) is 2. The van der Waals surface area contributed by atoms with Crippen LogP contribution in [0.2, 0.25) is 0 Å². The summed E-state index contributed by atoms with van der Waals surface area (Å²) in [6, 6.07) is 0.0211. The third kappa shape index (κ3) is 3.35. The molecule has 0 spiro atoms. The molecule has 0 aromatic heterocycles. The van der Waals surface area contributed by atoms with Gasteiger partial charge in [0.15, 0.2) is 0 Å². The van der Waals surface area contributed by atoms with E-state index in [0.717, 1.165) is 26.2 Å². The van der Waals surface area contributed by atoms with E-state index in [2.05, 4.69) is 12.2 Å². The smallest absolute Gasteiger partial charge is 0.380 e. The van der Waals surface area contributed by atoms with Crippen molar-refractivity contribution < 1.29 is 17.9 Å². The van der Waals surface area contributed by atoms with Crippen LogP contribution in [0.3, 0.4) is 0 Å². The van der Waals surface area contributed by atoms with E-state index in [1.807, 2.05) is 0 Å². The van der Waals surface area contributed by atoms with Crippen LogP contribution in [0.15, 0.2) is 0 Å². The SMILES string of the molecule is CC1(CNC2CCCC(C(F)(F)F)C2)COC1. The van der Waals surface area contributed by atoms with E-state index in [1.165, 1.54) is 0 Å². The predicted octanol–water partition coefficient (Wildman–Crippen LogP) is 2.73. The van der Waals surface area contributed by atoms with Gasteiger partial charge in [-0.05, 0) is 19.3 Å². The van der Waals surface area contributed by atoms with Gasteiger partial charge >= 0.3 is 6.18 Å². The first-order chi connectivity index (χ1) is 7.89. The second-order valence-corrected chi connectivity index (χ2v) is 5.79. The Morgan fingerprint density at radius 1 is 1.29 bits per heavy atom. The lowest BCUT2D eigenvalue weighted by molar-refractivity contribution is -0.184. The van der Waals surface area contributed by atoms with E-state index >= 15 is 0 Å². The Labute approximate surface area is 99.9 Å². The molecule has 2 unspecified atom stereocenters. The van der Waals surface area contributed by atoms with Crippen molar-refractivity contribution >= 4 is 0 Å². The Balaban J connectivity index is 1.77. The minimum atomic E-state index is -4.02. The summed E-state index contributed by atoms with van der Waals surface area (Å²) in [4.78, 5) is 0. The molecule has 2 nitrogen and oxygen atoms in total. The van der Waals surface area contributed by atoms with E-state index in [0.29, 0.717) is 12.8 Å². The predicted molar refractivity (Wildman–Crippen MR) is 58.7 cm³/mol. The molecule has 1 aliphatic carbocycles. The van der Waals surface area contributed by atoms with Crippen LogP contribution < -0.4 is 5.32 Å². The Kier molecular flexibility index (Phi) is 3.69. The van der Waals surface area contributed by atoms with Gasteiger partial charge in [-0.25, -0.2) is 0 Å². The van der Waals surface area contributed by atoms with Crippen molar-refractivity contribution in [3.8, 4) is 0 Å². The molecule has 1 N–H and O–H groups in total. The van der Waals surface area contributed by atoms with Crippen LogP contribution in [-0.2, 0) is 4.74 Å². The number of ether oxygens (including phenoxy) is 1. The Morgan fingerprint density at radius 3 is 2.53 bits per heavy atom. The molecule has 0 radical (unpaired) electrons. The molecular formula is C12H20F3NO. The monoisotopic (exact) mass is 251 g/mol. The molecule has 2 aliphatic rings. The van der Waals surface area contributed by atoms with E-state index in [4.69, 9.17) is 4.74 Å². The summed E-state index contributed by atoms with van der Waals surface area (Å²) in [6.07, 6.45) is -1.95. The van der Waals surface area contributed by atoms with Gasteiger partial charge in [-0.15, -0.1) is 0 Å². The highest BCUT2D eigenvalue weighted by atomic mass is 19.4. The van der Waals surface area contributed by atoms with Gasteiger partial charge < -0.3 is 10.1 Å². The van der Waals surface area contributed by atoms with Crippen LogP contribution in [0.4, 0.5) is 13.2 Å². The summed E-state index contributed by atoms with van der Waals surface area (Å²) in [5.74, 6) is -1.11. The van der Waals surface area contributed by atoms with Gasteiger partial charge in [-0.2, -0.15) is 13.2 Å². The van der Waals surface area contributed by atoms with Gasteiger partial charge in [0.1, 0.15) is 0 Å². The number of halogens is 3. The fourth-order valence-corrected chi connectivity index (χ4v) is 2.62. The average Bonchev–Trinajstić information content (AvgIpc) is 2.23. The second-order valence-electron chi connectivity index (χ2n) is 5.79. The van der Waals surface area contributed by atoms with Crippen molar-refractivity contribution in [2.24, 2.45) is 11.3 Å². The molecule has 0 amide bonds. The van der Waals surface area contributed by atoms with E-state index in [1.54, 1.807) is 0 Å². The molecular weight excluding hydrogens is 231 g/mol. The van der Waals surface area contributed by atoms with Crippen molar-refractivity contribution in [2.75, 3.05) is 19.8 Å². The first kappa shape index (κ1) is 13.1. The standard InChI is InChI=1S/C12H20F3NO/c1-11(7-17-8-11)6-16-10-4-2-3-9(5-10)12(13,14)15/h9-10,16H,2-8H2,1H3. The first-order valence-electron chi connectivity index (χ1n) is 6.27. The van der Waals surface area contributed by atoms with Gasteiger partial charge in [-0.3, -0.25) is 0 Å². The largest absolute Gasteiger partial charge is 0.391 e. The molecule has 0 aromatic carbocycles. The quantitative estimate of drug-likeness (QED) is 0.832. The van der Waals surface area contributed by atoms with Crippen LogP contribution in [-0.4, -0.2) is 32.0 Å². The molecule has 0 aromatic rings. The third-order valence-electron chi connectivity index (χ3n) is 3.86. The zero-order valence-electron chi connectivity index (χ0n) is 10.1. The van der Waals surface area contributed by atoms with Crippen LogP contribution in [0, 0.1) is 11.3 Å². The molecule has 17 heavy (non-hydrogen) atoms. The summed E-state index contributed by atoms with van der Waals surface area (Å²) in [7, 11) is 0. The highest BCUT2D eigenvalue weighted by molar-refractivity contribution is 4.87. The molecule has 1 aliphatic heterocycles. The zero-order chi connectivity index (χ0) is 12.5. The maximum atomic E-state index is 12.6. The lowest BCUT2D eigenvalue weighted by Crippen LogP contribution is -2.50. The van der Waals surface area contributed by atoms with E-state index in [9.17, 15) is 13.2 Å². The van der Waals surface area contributed by atoms with E-state index in [-0.39, 0.29) is 17.9 Å². The lowest BCUT2D eigenvalue weighted by Gasteiger charge is -2.40. The highest BCUT2D eigenvalue weighted by Crippen LogP contribution is 2.37. The lowest BCUT2D eigenvalue weighted by atomic mass is 9.83. The van der Waals surface area contributed by atoms with E-state index < -0.39 is 12.1 Å². The first-order valence-corrected chi connectivity index (χ1v) is 6.27. The second kappa shape index (κ2) is 4.76. The van der Waals surface area contributed by atoms with Crippen molar-refractivity contribution in [1.82, 2.24) is 5.32 Å². The topological polar surface area (TPSA) is 21.3 Å². The molecule has 1 heterocycles. The number of rotatable bonds is 3. The van der Waals surface area contributed by atoms with Crippen LogP contribution in [0.1, 0.15) is 32.6 Å². The molecule has 1 saturated heterocycles. The molecule has 5 heteroatoms. The van der Waals surface area contributed by atoms with Crippen LogP contribution in [0.5, 0.6) is 0 Å². The van der Waals surface area contributed by atoms with Gasteiger partial charge in [0.25, 0.3) is 0 Å². The van der Waals surface area contributed by atoms with Crippen molar-refractivity contribution in [1.29, 1.82) is 0 Å². The maximum absolute atomic E-state index is 12.6. The van der Waals surface area contributed by atoms with Crippen molar-refractivity contribution in [3.63, 3.8) is 0 Å². The molecule has 100 valence electrons. The Hall–Kier alpha value is -0.290. The Morgan fingerprint density at radius 2 is 2.00 bits per heavy atom. The van der Waals surface area contributed by atoms with Crippen LogP contribution >= 0.6 is 0 Å². The molecule has 1 saturated carbocycles. The summed E-state index contributed by atoms with van der Waals surface area (Å²) in [5.41, 5.74) is 0.130. The maximum Gasteiger partial charge on any atom is 0.391 e. The summed E-state index contributed by atoms with van der Waals surface area (Å²) in [5, 5.41) is 3.29. The van der Waals surface area contributed by atoms with Gasteiger partial charge in [0, 0.05) is 18.0 Å². The van der Waals surface area contributed by atoms with Gasteiger partial charge in [0.05, 0.1) is 19.1 Å². The summed E-state index contributed by atoms with van der Waals surface area (Å²) >= 11 is 0. The Bertz CT molecular complexity index is 263.